The Morgan fingerprint density at radius 1 is 1.41 bits per heavy atom. The molecule has 1 aliphatic rings. The Morgan fingerprint density at radius 3 is 2.88 bits per heavy atom. The summed E-state index contributed by atoms with van der Waals surface area (Å²) in [5.74, 6) is 0.121. The first-order valence-corrected chi connectivity index (χ1v) is 7.56. The van der Waals surface area contributed by atoms with Gasteiger partial charge in [-0.15, -0.1) is 11.3 Å². The molecule has 0 radical (unpaired) electrons. The summed E-state index contributed by atoms with van der Waals surface area (Å²) in [4.78, 5) is 13.3. The molecule has 2 rings (SSSR count). The molecule has 1 aliphatic carbocycles. The second-order valence-corrected chi connectivity index (χ2v) is 5.86. The summed E-state index contributed by atoms with van der Waals surface area (Å²) in [6, 6.07) is 2.46. The molecule has 1 amide bonds. The summed E-state index contributed by atoms with van der Waals surface area (Å²) in [5.41, 5.74) is 0.851. The van der Waals surface area contributed by atoms with Crippen LogP contribution in [0.15, 0.2) is 11.4 Å². The van der Waals surface area contributed by atoms with Crippen molar-refractivity contribution >= 4 is 17.2 Å². The molecule has 1 saturated carbocycles. The molecule has 0 unspecified atom stereocenters. The molecule has 1 aromatic heterocycles. The quantitative estimate of drug-likeness (QED) is 0.867. The normalized spacial score (nSPS) is 17.0. The van der Waals surface area contributed by atoms with Gasteiger partial charge in [0.15, 0.2) is 0 Å². The molecule has 0 bridgehead atoms. The Hall–Kier alpha value is -0.830. The predicted molar refractivity (Wildman–Crippen MR) is 72.7 cm³/mol. The van der Waals surface area contributed by atoms with Crippen LogP contribution in [0.5, 0.6) is 0 Å². The van der Waals surface area contributed by atoms with Gasteiger partial charge in [0, 0.05) is 16.3 Å². The minimum absolute atomic E-state index is 0.121. The van der Waals surface area contributed by atoms with Crippen LogP contribution in [0.25, 0.3) is 0 Å². The maximum Gasteiger partial charge on any atom is 0.252 e. The lowest BCUT2D eigenvalue weighted by Crippen LogP contribution is -2.35. The van der Waals surface area contributed by atoms with Crippen LogP contribution in [0.3, 0.4) is 0 Å². The van der Waals surface area contributed by atoms with Crippen molar-refractivity contribution in [3.05, 3.63) is 21.9 Å². The summed E-state index contributed by atoms with van der Waals surface area (Å²) < 4.78 is 0. The molecule has 0 aliphatic heterocycles. The van der Waals surface area contributed by atoms with Gasteiger partial charge in [-0.05, 0) is 25.3 Å². The van der Waals surface area contributed by atoms with Crippen LogP contribution < -0.4 is 5.32 Å². The zero-order valence-corrected chi connectivity index (χ0v) is 11.3. The summed E-state index contributed by atoms with van der Waals surface area (Å²) in [6.07, 6.45) is 8.37. The molecule has 0 spiro atoms. The highest BCUT2D eigenvalue weighted by molar-refractivity contribution is 7.10. The van der Waals surface area contributed by atoms with Gasteiger partial charge in [0.25, 0.3) is 5.91 Å². The molecule has 1 fully saturated rings. The third kappa shape index (κ3) is 3.56. The van der Waals surface area contributed by atoms with Crippen LogP contribution in [0, 0.1) is 0 Å². The van der Waals surface area contributed by atoms with Crippen molar-refractivity contribution in [1.29, 1.82) is 0 Å². The predicted octanol–water partition coefficient (Wildman–Crippen LogP) is 3.76. The first-order chi connectivity index (χ1) is 8.29. The second-order valence-electron chi connectivity index (χ2n) is 4.86. The van der Waals surface area contributed by atoms with Crippen molar-refractivity contribution in [2.45, 2.75) is 57.9 Å². The lowest BCUT2D eigenvalue weighted by Gasteiger charge is -2.22. The SMILES string of the molecule is CCCc1cc(C(=O)NC2CCCCC2)cs1. The van der Waals surface area contributed by atoms with E-state index in [9.17, 15) is 4.79 Å². The number of hydrogen-bond acceptors (Lipinski definition) is 2. The average Bonchev–Trinajstić information content (AvgIpc) is 2.79. The fraction of sp³-hybridized carbons (Fsp3) is 0.643. The minimum atomic E-state index is 0.121. The summed E-state index contributed by atoms with van der Waals surface area (Å²) in [6.45, 7) is 2.17. The zero-order chi connectivity index (χ0) is 12.1. The molecule has 1 N–H and O–H groups in total. The number of nitrogens with one attached hydrogen (secondary N) is 1. The molecule has 3 heteroatoms. The Balaban J connectivity index is 1.89. The Morgan fingerprint density at radius 2 is 2.18 bits per heavy atom. The largest absolute Gasteiger partial charge is 0.349 e. The zero-order valence-electron chi connectivity index (χ0n) is 10.5. The average molecular weight is 251 g/mol. The van der Waals surface area contributed by atoms with Crippen LogP contribution >= 0.6 is 11.3 Å². The number of hydrogen-bond donors (Lipinski definition) is 1. The highest BCUT2D eigenvalue weighted by Gasteiger charge is 2.17. The molecule has 1 heterocycles. The van der Waals surface area contributed by atoms with E-state index in [0.717, 1.165) is 31.2 Å². The molecule has 1 aromatic rings. The minimum Gasteiger partial charge on any atom is -0.349 e. The van der Waals surface area contributed by atoms with Crippen LogP contribution in [0.2, 0.25) is 0 Å². The van der Waals surface area contributed by atoms with Crippen LogP contribution in [0.1, 0.15) is 60.7 Å². The first-order valence-electron chi connectivity index (χ1n) is 6.68. The van der Waals surface area contributed by atoms with Crippen LogP contribution in [0.4, 0.5) is 0 Å². The first kappa shape index (κ1) is 12.6. The van der Waals surface area contributed by atoms with Crippen molar-refractivity contribution in [1.82, 2.24) is 5.32 Å². The van der Waals surface area contributed by atoms with Crippen LogP contribution in [-0.2, 0) is 6.42 Å². The van der Waals surface area contributed by atoms with Crippen molar-refractivity contribution in [3.8, 4) is 0 Å². The Kier molecular flexibility index (Phi) is 4.60. The molecule has 2 nitrogen and oxygen atoms in total. The van der Waals surface area contributed by atoms with Crippen LogP contribution in [-0.4, -0.2) is 11.9 Å². The highest BCUT2D eigenvalue weighted by Crippen LogP contribution is 2.20. The number of amides is 1. The van der Waals surface area contributed by atoms with E-state index in [1.165, 1.54) is 24.1 Å². The van der Waals surface area contributed by atoms with Gasteiger partial charge in [-0.25, -0.2) is 0 Å². The van der Waals surface area contributed by atoms with Crippen molar-refractivity contribution in [3.63, 3.8) is 0 Å². The lowest BCUT2D eigenvalue weighted by molar-refractivity contribution is 0.0928. The van der Waals surface area contributed by atoms with E-state index in [2.05, 4.69) is 12.2 Å². The van der Waals surface area contributed by atoms with Crippen molar-refractivity contribution in [2.24, 2.45) is 0 Å². The lowest BCUT2D eigenvalue weighted by atomic mass is 9.95. The Labute approximate surface area is 107 Å². The number of thiophene rings is 1. The summed E-state index contributed by atoms with van der Waals surface area (Å²) in [5, 5.41) is 5.15. The molecule has 17 heavy (non-hydrogen) atoms. The third-order valence-corrected chi connectivity index (χ3v) is 4.35. The molecule has 94 valence electrons. The van der Waals surface area contributed by atoms with Gasteiger partial charge in [-0.1, -0.05) is 32.6 Å². The molecular formula is C14H21NOS. The van der Waals surface area contributed by atoms with Gasteiger partial charge in [0.05, 0.1) is 5.56 Å². The van der Waals surface area contributed by atoms with Gasteiger partial charge in [-0.2, -0.15) is 0 Å². The highest BCUT2D eigenvalue weighted by atomic mass is 32.1. The number of rotatable bonds is 4. The fourth-order valence-electron chi connectivity index (χ4n) is 2.39. The van der Waals surface area contributed by atoms with E-state index in [-0.39, 0.29) is 5.91 Å². The fourth-order valence-corrected chi connectivity index (χ4v) is 3.36. The number of aryl methyl sites for hydroxylation is 1. The number of carbonyl (C=O) groups excluding carboxylic acids is 1. The van der Waals surface area contributed by atoms with E-state index < -0.39 is 0 Å². The van der Waals surface area contributed by atoms with Gasteiger partial charge < -0.3 is 5.32 Å². The van der Waals surface area contributed by atoms with E-state index in [0.29, 0.717) is 6.04 Å². The molecule has 0 atom stereocenters. The van der Waals surface area contributed by atoms with Gasteiger partial charge >= 0.3 is 0 Å². The monoisotopic (exact) mass is 251 g/mol. The van der Waals surface area contributed by atoms with Crippen molar-refractivity contribution in [2.75, 3.05) is 0 Å². The van der Waals surface area contributed by atoms with E-state index in [4.69, 9.17) is 0 Å². The summed E-state index contributed by atoms with van der Waals surface area (Å²) in [7, 11) is 0. The van der Waals surface area contributed by atoms with Crippen molar-refractivity contribution < 1.29 is 4.79 Å². The third-order valence-electron chi connectivity index (χ3n) is 3.35. The maximum atomic E-state index is 12.0. The smallest absolute Gasteiger partial charge is 0.252 e. The van der Waals surface area contributed by atoms with Gasteiger partial charge in [-0.3, -0.25) is 4.79 Å². The van der Waals surface area contributed by atoms with E-state index in [1.807, 2.05) is 11.4 Å². The Bertz CT molecular complexity index is 366. The molecule has 0 aromatic carbocycles. The van der Waals surface area contributed by atoms with E-state index >= 15 is 0 Å². The maximum absolute atomic E-state index is 12.0. The van der Waals surface area contributed by atoms with E-state index in [1.54, 1.807) is 11.3 Å². The summed E-state index contributed by atoms with van der Waals surface area (Å²) >= 11 is 1.70. The number of carbonyl (C=O) groups is 1. The second kappa shape index (κ2) is 6.20. The molecule has 0 saturated heterocycles. The molecular weight excluding hydrogens is 230 g/mol. The standard InChI is InChI=1S/C14H21NOS/c1-2-6-13-9-11(10-17-13)14(16)15-12-7-4-3-5-8-12/h9-10,12H,2-8H2,1H3,(H,15,16). The van der Waals surface area contributed by atoms with Gasteiger partial charge in [0.2, 0.25) is 0 Å². The topological polar surface area (TPSA) is 29.1 Å². The van der Waals surface area contributed by atoms with Gasteiger partial charge in [0.1, 0.15) is 0 Å².